The largest absolute Gasteiger partial charge is 0.463 e. The Kier molecular flexibility index (Phi) is 3.25. The number of carbonyl (C=O) groups excluding carboxylic acids is 1. The lowest BCUT2D eigenvalue weighted by molar-refractivity contribution is -0.137. The number of fused-ring (bicyclic) bond motifs is 1. The summed E-state index contributed by atoms with van der Waals surface area (Å²) in [5, 5.41) is 3.22. The van der Waals surface area contributed by atoms with E-state index in [4.69, 9.17) is 4.74 Å². The van der Waals surface area contributed by atoms with Gasteiger partial charge in [-0.05, 0) is 18.9 Å². The van der Waals surface area contributed by atoms with Crippen LogP contribution < -0.4 is 5.32 Å². The highest BCUT2D eigenvalue weighted by molar-refractivity contribution is 5.91. The van der Waals surface area contributed by atoms with Gasteiger partial charge in [-0.3, -0.25) is 0 Å². The third-order valence-corrected chi connectivity index (χ3v) is 2.57. The van der Waals surface area contributed by atoms with Crippen molar-refractivity contribution in [3.63, 3.8) is 0 Å². The van der Waals surface area contributed by atoms with Crippen LogP contribution in [0.4, 0.5) is 0 Å². The second kappa shape index (κ2) is 4.84. The van der Waals surface area contributed by atoms with E-state index in [1.54, 1.807) is 6.92 Å². The van der Waals surface area contributed by atoms with Gasteiger partial charge in [-0.2, -0.15) is 0 Å². The van der Waals surface area contributed by atoms with Gasteiger partial charge in [-0.25, -0.2) is 4.79 Å². The Morgan fingerprint density at radius 2 is 2.31 bits per heavy atom. The molecule has 2 rings (SSSR count). The molecule has 0 atom stereocenters. The van der Waals surface area contributed by atoms with Gasteiger partial charge < -0.3 is 10.1 Å². The topological polar surface area (TPSA) is 38.3 Å². The number of hydrogen-bond donors (Lipinski definition) is 1. The maximum Gasteiger partial charge on any atom is 0.332 e. The van der Waals surface area contributed by atoms with Crippen LogP contribution >= 0.6 is 0 Å². The predicted molar refractivity (Wildman–Crippen MR) is 62.8 cm³/mol. The lowest BCUT2D eigenvalue weighted by Crippen LogP contribution is -2.23. The Morgan fingerprint density at radius 3 is 3.12 bits per heavy atom. The van der Waals surface area contributed by atoms with Crippen molar-refractivity contribution < 1.29 is 9.53 Å². The van der Waals surface area contributed by atoms with Crippen molar-refractivity contribution in [3.8, 4) is 0 Å². The zero-order valence-electron chi connectivity index (χ0n) is 9.32. The van der Waals surface area contributed by atoms with E-state index >= 15 is 0 Å². The lowest BCUT2D eigenvalue weighted by atomic mass is 9.98. The molecule has 0 bridgehead atoms. The van der Waals surface area contributed by atoms with Gasteiger partial charge >= 0.3 is 5.97 Å². The van der Waals surface area contributed by atoms with Crippen molar-refractivity contribution in [1.29, 1.82) is 0 Å². The van der Waals surface area contributed by atoms with Crippen molar-refractivity contribution >= 4 is 11.7 Å². The van der Waals surface area contributed by atoms with E-state index in [0.717, 1.165) is 24.2 Å². The zero-order chi connectivity index (χ0) is 11.4. The number of hydrogen-bond acceptors (Lipinski definition) is 3. The quantitative estimate of drug-likeness (QED) is 0.605. The Bertz CT molecular complexity index is 424. The molecule has 0 saturated heterocycles. The van der Waals surface area contributed by atoms with Crippen molar-refractivity contribution in [2.24, 2.45) is 0 Å². The van der Waals surface area contributed by atoms with E-state index in [-0.39, 0.29) is 5.97 Å². The van der Waals surface area contributed by atoms with E-state index < -0.39 is 0 Å². The van der Waals surface area contributed by atoms with Crippen molar-refractivity contribution in [3.05, 3.63) is 41.5 Å². The first-order valence-electron chi connectivity index (χ1n) is 5.52. The zero-order valence-corrected chi connectivity index (χ0v) is 9.32. The second-order valence-corrected chi connectivity index (χ2v) is 3.64. The minimum atomic E-state index is -0.290. The van der Waals surface area contributed by atoms with Gasteiger partial charge in [0.1, 0.15) is 0 Å². The highest BCUT2D eigenvalue weighted by Crippen LogP contribution is 2.21. The predicted octanol–water partition coefficient (Wildman–Crippen LogP) is 1.74. The smallest absolute Gasteiger partial charge is 0.332 e. The average Bonchev–Trinajstić information content (AvgIpc) is 2.30. The number of benzene rings is 1. The van der Waals surface area contributed by atoms with Gasteiger partial charge in [0.2, 0.25) is 0 Å². The number of nitrogens with one attached hydrogen (secondary N) is 1. The van der Waals surface area contributed by atoms with Crippen LogP contribution in [-0.2, 0) is 16.0 Å². The van der Waals surface area contributed by atoms with Crippen LogP contribution in [0.25, 0.3) is 5.70 Å². The summed E-state index contributed by atoms with van der Waals surface area (Å²) < 4.78 is 4.90. The molecule has 0 unspecified atom stereocenters. The molecule has 0 amide bonds. The number of rotatable bonds is 2. The van der Waals surface area contributed by atoms with E-state index in [9.17, 15) is 4.79 Å². The summed E-state index contributed by atoms with van der Waals surface area (Å²) in [7, 11) is 0. The summed E-state index contributed by atoms with van der Waals surface area (Å²) in [4.78, 5) is 11.4. The summed E-state index contributed by atoms with van der Waals surface area (Å²) in [6.45, 7) is 3.07. The standard InChI is InChI=1S/C13H15NO2/c1-2-16-13(15)9-12-11-6-4-3-5-10(11)7-8-14-12/h3-6,9,14H,2,7-8H2,1H3/b12-9+. The third-order valence-electron chi connectivity index (χ3n) is 2.57. The van der Waals surface area contributed by atoms with Gasteiger partial charge in [-0.15, -0.1) is 0 Å². The van der Waals surface area contributed by atoms with E-state index in [0.29, 0.717) is 6.61 Å². The SMILES string of the molecule is CCOC(=O)/C=C1/NCCc2ccccc21. The van der Waals surface area contributed by atoms with Crippen LogP contribution in [0.15, 0.2) is 30.3 Å². The fraction of sp³-hybridized carbons (Fsp3) is 0.308. The van der Waals surface area contributed by atoms with Crippen LogP contribution in [0.3, 0.4) is 0 Å². The van der Waals surface area contributed by atoms with Crippen LogP contribution in [0.2, 0.25) is 0 Å². The average molecular weight is 217 g/mol. The van der Waals surface area contributed by atoms with Crippen molar-refractivity contribution in [2.45, 2.75) is 13.3 Å². The Hall–Kier alpha value is -1.77. The maximum atomic E-state index is 11.4. The van der Waals surface area contributed by atoms with Gasteiger partial charge in [-0.1, -0.05) is 24.3 Å². The third kappa shape index (κ3) is 2.24. The second-order valence-electron chi connectivity index (χ2n) is 3.64. The lowest BCUT2D eigenvalue weighted by Gasteiger charge is -2.20. The van der Waals surface area contributed by atoms with Gasteiger partial charge in [0.15, 0.2) is 0 Å². The monoisotopic (exact) mass is 217 g/mol. The Balaban J connectivity index is 2.28. The molecule has 1 aromatic rings. The van der Waals surface area contributed by atoms with E-state index in [2.05, 4.69) is 11.4 Å². The molecule has 1 N–H and O–H groups in total. The molecule has 3 heteroatoms. The normalized spacial score (nSPS) is 16.4. The molecule has 3 nitrogen and oxygen atoms in total. The van der Waals surface area contributed by atoms with Crippen LogP contribution in [0.5, 0.6) is 0 Å². The minimum Gasteiger partial charge on any atom is -0.463 e. The molecule has 1 aromatic carbocycles. The summed E-state index contributed by atoms with van der Waals surface area (Å²) in [5.41, 5.74) is 3.24. The highest BCUT2D eigenvalue weighted by Gasteiger charge is 2.13. The van der Waals surface area contributed by atoms with Gasteiger partial charge in [0.25, 0.3) is 0 Å². The van der Waals surface area contributed by atoms with Gasteiger partial charge in [0.05, 0.1) is 6.61 Å². The molecular weight excluding hydrogens is 202 g/mol. The van der Waals surface area contributed by atoms with Crippen LogP contribution in [0.1, 0.15) is 18.1 Å². The Labute approximate surface area is 95.1 Å². The molecule has 1 heterocycles. The van der Waals surface area contributed by atoms with E-state index in [1.807, 2.05) is 18.2 Å². The molecule has 0 saturated carbocycles. The van der Waals surface area contributed by atoms with Crippen LogP contribution in [-0.4, -0.2) is 19.1 Å². The summed E-state index contributed by atoms with van der Waals surface area (Å²) in [5.74, 6) is -0.290. The molecule has 84 valence electrons. The molecule has 1 aliphatic rings. The fourth-order valence-electron chi connectivity index (χ4n) is 1.86. The van der Waals surface area contributed by atoms with Crippen molar-refractivity contribution in [2.75, 3.05) is 13.2 Å². The van der Waals surface area contributed by atoms with Crippen LogP contribution in [0, 0.1) is 0 Å². The Morgan fingerprint density at radius 1 is 1.50 bits per heavy atom. The van der Waals surface area contributed by atoms with Crippen molar-refractivity contribution in [1.82, 2.24) is 5.32 Å². The molecule has 16 heavy (non-hydrogen) atoms. The fourth-order valence-corrected chi connectivity index (χ4v) is 1.86. The number of carbonyl (C=O) groups is 1. The minimum absolute atomic E-state index is 0.290. The van der Waals surface area contributed by atoms with E-state index in [1.165, 1.54) is 11.6 Å². The molecule has 0 radical (unpaired) electrons. The first-order chi connectivity index (χ1) is 7.81. The molecule has 0 aliphatic carbocycles. The summed E-state index contributed by atoms with van der Waals surface area (Å²) in [6, 6.07) is 8.11. The number of ether oxygens (including phenoxy) is 1. The molecule has 1 aliphatic heterocycles. The first-order valence-corrected chi connectivity index (χ1v) is 5.52. The maximum absolute atomic E-state index is 11.4. The molecule has 0 fully saturated rings. The molecule has 0 spiro atoms. The summed E-state index contributed by atoms with van der Waals surface area (Å²) in [6.07, 6.45) is 2.53. The molecular formula is C13H15NO2. The highest BCUT2D eigenvalue weighted by atomic mass is 16.5. The summed E-state index contributed by atoms with van der Waals surface area (Å²) >= 11 is 0. The number of esters is 1. The van der Waals surface area contributed by atoms with Gasteiger partial charge in [0, 0.05) is 23.9 Å². The first kappa shape index (κ1) is 10.7. The molecule has 0 aromatic heterocycles.